The Balaban J connectivity index is 0. The number of aliphatic carboxylic acids is 1. The molecule has 0 rings (SSSR count). The zero-order chi connectivity index (χ0) is 30.6. The van der Waals surface area contributed by atoms with E-state index in [-0.39, 0.29) is 6.54 Å². The van der Waals surface area contributed by atoms with Crippen molar-refractivity contribution in [3.63, 3.8) is 0 Å². The Bertz CT molecular complexity index is 962. The molecule has 0 radical (unpaired) electrons. The molecule has 0 aliphatic heterocycles. The van der Waals surface area contributed by atoms with Crippen LogP contribution in [-0.2, 0) is 62.0 Å². The summed E-state index contributed by atoms with van der Waals surface area (Å²) >= 11 is 0. The Kier molecular flexibility index (Phi) is 18.1. The maximum Gasteiger partial charge on any atom is 0.331 e. The maximum absolute atomic E-state index is 11.3. The Morgan fingerprint density at radius 2 is 1.21 bits per heavy atom. The van der Waals surface area contributed by atoms with Gasteiger partial charge in [-0.1, -0.05) is 0 Å². The Hall–Kier alpha value is -4.76. The molecule has 0 spiro atoms. The number of hydrogen-bond donors (Lipinski definition) is 2. The summed E-state index contributed by atoms with van der Waals surface area (Å²) in [5, 5.41) is 10.6. The number of amides is 2. The summed E-state index contributed by atoms with van der Waals surface area (Å²) in [6.07, 6.45) is 3.33. The number of ether oxygens (including phenoxy) is 5. The quantitative estimate of drug-likeness (QED) is 0.158. The van der Waals surface area contributed by atoms with Crippen molar-refractivity contribution in [3.05, 3.63) is 24.3 Å². The molecule has 39 heavy (non-hydrogen) atoms. The van der Waals surface area contributed by atoms with Gasteiger partial charge in [-0.05, 0) is 20.8 Å². The van der Waals surface area contributed by atoms with Crippen molar-refractivity contribution in [1.29, 1.82) is 0 Å². The molecule has 2 N–H and O–H groups in total. The fourth-order valence-corrected chi connectivity index (χ4v) is 1.77. The van der Waals surface area contributed by atoms with E-state index in [0.29, 0.717) is 0 Å². The number of rotatable bonds is 12. The number of carboxylic acid groups (broad SMARTS) is 1. The van der Waals surface area contributed by atoms with Crippen molar-refractivity contribution in [3.8, 4) is 0 Å². The Labute approximate surface area is 223 Å². The Morgan fingerprint density at radius 3 is 1.62 bits per heavy atom. The molecular weight excluding hydrogens is 528 g/mol. The molecular formula is C23H32N2O14. The molecule has 0 aliphatic carbocycles. The van der Waals surface area contributed by atoms with Gasteiger partial charge < -0.3 is 39.0 Å². The van der Waals surface area contributed by atoms with Gasteiger partial charge in [-0.15, -0.1) is 0 Å². The van der Waals surface area contributed by atoms with Crippen molar-refractivity contribution in [2.45, 2.75) is 26.4 Å². The van der Waals surface area contributed by atoms with Crippen molar-refractivity contribution in [2.24, 2.45) is 0 Å². The molecule has 0 aliphatic rings. The van der Waals surface area contributed by atoms with E-state index in [1.807, 2.05) is 0 Å². The highest BCUT2D eigenvalue weighted by Gasteiger charge is 2.17. The van der Waals surface area contributed by atoms with Gasteiger partial charge >= 0.3 is 35.8 Å². The lowest BCUT2D eigenvalue weighted by Crippen LogP contribution is -2.36. The molecule has 0 aromatic rings. The van der Waals surface area contributed by atoms with Crippen LogP contribution in [0.25, 0.3) is 0 Å². The molecule has 0 saturated carbocycles. The van der Waals surface area contributed by atoms with E-state index in [9.17, 15) is 38.4 Å². The minimum atomic E-state index is -1.18. The zero-order valence-electron chi connectivity index (χ0n) is 22.3. The van der Waals surface area contributed by atoms with Crippen molar-refractivity contribution < 1.29 is 67.1 Å². The van der Waals surface area contributed by atoms with Gasteiger partial charge in [0, 0.05) is 31.4 Å². The maximum atomic E-state index is 11.3. The van der Waals surface area contributed by atoms with E-state index >= 15 is 0 Å². The number of hydrogen-bond acceptors (Lipinski definition) is 13. The van der Waals surface area contributed by atoms with E-state index < -0.39 is 73.0 Å². The molecule has 16 heteroatoms. The number of nitrogens with one attached hydrogen (secondary N) is 1. The predicted molar refractivity (Wildman–Crippen MR) is 128 cm³/mol. The molecule has 0 unspecified atom stereocenters. The molecule has 0 fully saturated rings. The lowest BCUT2D eigenvalue weighted by atomic mass is 10.2. The first-order valence-electron chi connectivity index (χ1n) is 10.8. The van der Waals surface area contributed by atoms with Gasteiger partial charge in [0.25, 0.3) is 11.8 Å². The SMILES string of the molecule is COC(=O)/C=C/C(=O)OCC(=O)N(C)CC(=O)O.COC(=O)/C=C/C(=O)OCC(=O)NCC(=O)OC(C)(C)C. The van der Waals surface area contributed by atoms with E-state index in [1.165, 1.54) is 7.05 Å². The number of carboxylic acids is 1. The molecule has 0 aromatic heterocycles. The van der Waals surface area contributed by atoms with Crippen LogP contribution in [0.15, 0.2) is 24.3 Å². The van der Waals surface area contributed by atoms with Gasteiger partial charge in [-0.2, -0.15) is 0 Å². The number of nitrogens with zero attached hydrogens (tertiary/aromatic N) is 1. The van der Waals surface area contributed by atoms with Crippen LogP contribution in [0.3, 0.4) is 0 Å². The standard InChI is InChI=1S/C13H19NO7.C10H13NO7/c1-13(2,3)21-12(18)7-14-9(15)8-20-11(17)6-5-10(16)19-4;1-11(5-8(13)14)7(12)6-18-10(16)4-3-9(15)17-2/h5-6H,7-8H2,1-4H3,(H,14,15);3-4H,5-6H2,1-2H3,(H,13,14)/b6-5+;4-3+. The predicted octanol–water partition coefficient (Wildman–Crippen LogP) is -1.48. The first-order valence-corrected chi connectivity index (χ1v) is 10.8. The summed E-state index contributed by atoms with van der Waals surface area (Å²) in [6.45, 7) is 3.09. The second kappa shape index (κ2) is 19.4. The van der Waals surface area contributed by atoms with Crippen LogP contribution in [0.1, 0.15) is 20.8 Å². The zero-order valence-corrected chi connectivity index (χ0v) is 22.3. The summed E-state index contributed by atoms with van der Waals surface area (Å²) < 4.78 is 22.5. The fraction of sp³-hybridized carbons (Fsp3) is 0.478. The number of esters is 5. The number of methoxy groups -OCH3 is 2. The summed E-state index contributed by atoms with van der Waals surface area (Å²) in [5.41, 5.74) is -0.646. The van der Waals surface area contributed by atoms with Gasteiger partial charge in [0.15, 0.2) is 13.2 Å². The summed E-state index contributed by atoms with van der Waals surface area (Å²) in [5.74, 6) is -6.36. The van der Waals surface area contributed by atoms with Crippen molar-refractivity contribution >= 4 is 47.6 Å². The normalized spacial score (nSPS) is 10.4. The van der Waals surface area contributed by atoms with Crippen LogP contribution in [0.4, 0.5) is 0 Å². The Morgan fingerprint density at radius 1 is 0.769 bits per heavy atom. The van der Waals surface area contributed by atoms with Gasteiger partial charge in [0.05, 0.1) is 14.2 Å². The van der Waals surface area contributed by atoms with E-state index in [2.05, 4.69) is 24.3 Å². The smallest absolute Gasteiger partial charge is 0.331 e. The summed E-state index contributed by atoms with van der Waals surface area (Å²) in [4.78, 5) is 88.5. The monoisotopic (exact) mass is 560 g/mol. The molecule has 0 aromatic carbocycles. The second-order valence-electron chi connectivity index (χ2n) is 7.94. The van der Waals surface area contributed by atoms with E-state index in [1.54, 1.807) is 20.8 Å². The van der Waals surface area contributed by atoms with E-state index in [4.69, 9.17) is 9.84 Å². The first kappa shape index (κ1) is 36.4. The molecule has 16 nitrogen and oxygen atoms in total. The van der Waals surface area contributed by atoms with Crippen LogP contribution >= 0.6 is 0 Å². The molecule has 0 saturated heterocycles. The molecule has 0 bridgehead atoms. The number of likely N-dealkylation sites (N-methyl/N-ethyl adjacent to an activating group) is 1. The average Bonchev–Trinajstić information content (AvgIpc) is 2.85. The molecule has 2 amide bonds. The van der Waals surface area contributed by atoms with Crippen LogP contribution in [0.2, 0.25) is 0 Å². The number of carbonyl (C=O) groups excluding carboxylic acids is 7. The highest BCUT2D eigenvalue weighted by atomic mass is 16.6. The van der Waals surface area contributed by atoms with Gasteiger partial charge in [-0.3, -0.25) is 19.2 Å². The largest absolute Gasteiger partial charge is 0.480 e. The molecule has 218 valence electrons. The minimum Gasteiger partial charge on any atom is -0.480 e. The van der Waals surface area contributed by atoms with Crippen LogP contribution in [-0.4, -0.2) is 111 Å². The van der Waals surface area contributed by atoms with Gasteiger partial charge in [0.2, 0.25) is 0 Å². The van der Waals surface area contributed by atoms with Crippen LogP contribution in [0, 0.1) is 0 Å². The molecule has 0 heterocycles. The lowest BCUT2D eigenvalue weighted by molar-refractivity contribution is -0.155. The minimum absolute atomic E-state index is 0.328. The highest BCUT2D eigenvalue weighted by Crippen LogP contribution is 2.06. The average molecular weight is 561 g/mol. The summed E-state index contributed by atoms with van der Waals surface area (Å²) in [6, 6.07) is 0. The second-order valence-corrected chi connectivity index (χ2v) is 7.94. The topological polar surface area (TPSA) is 218 Å². The third-order valence-electron chi connectivity index (χ3n) is 3.44. The molecule has 0 atom stereocenters. The van der Waals surface area contributed by atoms with E-state index in [0.717, 1.165) is 43.4 Å². The number of carbonyl (C=O) groups is 8. The van der Waals surface area contributed by atoms with Gasteiger partial charge in [0.1, 0.15) is 18.7 Å². The van der Waals surface area contributed by atoms with Crippen molar-refractivity contribution in [1.82, 2.24) is 10.2 Å². The van der Waals surface area contributed by atoms with Gasteiger partial charge in [-0.25, -0.2) is 19.2 Å². The lowest BCUT2D eigenvalue weighted by Gasteiger charge is -2.19. The van der Waals surface area contributed by atoms with Crippen molar-refractivity contribution in [2.75, 3.05) is 47.6 Å². The third kappa shape index (κ3) is 23.4. The third-order valence-corrected chi connectivity index (χ3v) is 3.44. The highest BCUT2D eigenvalue weighted by molar-refractivity contribution is 5.93. The first-order chi connectivity index (χ1) is 18.0. The van der Waals surface area contributed by atoms with Crippen LogP contribution in [0.5, 0.6) is 0 Å². The van der Waals surface area contributed by atoms with Crippen LogP contribution < -0.4 is 5.32 Å². The summed E-state index contributed by atoms with van der Waals surface area (Å²) in [7, 11) is 3.55. The fourth-order valence-electron chi connectivity index (χ4n) is 1.77.